The average Bonchev–Trinajstić information content (AvgIpc) is 3.20. The fourth-order valence-corrected chi connectivity index (χ4v) is 4.91. The van der Waals surface area contributed by atoms with Gasteiger partial charge < -0.3 is 10.6 Å². The van der Waals surface area contributed by atoms with Crippen molar-refractivity contribution in [1.82, 2.24) is 4.90 Å². The lowest BCUT2D eigenvalue weighted by molar-refractivity contribution is -0.131. The number of aryl methyl sites for hydroxylation is 2. The number of nitrogens with two attached hydrogens (primary N) is 1. The summed E-state index contributed by atoms with van der Waals surface area (Å²) in [4.78, 5) is 14.4. The number of benzene rings is 1. The minimum absolute atomic E-state index is 0.0376. The highest BCUT2D eigenvalue weighted by molar-refractivity contribution is 7.91. The van der Waals surface area contributed by atoms with Gasteiger partial charge in [-0.25, -0.2) is 8.42 Å². The van der Waals surface area contributed by atoms with Gasteiger partial charge in [-0.3, -0.25) is 4.79 Å². The molecule has 0 spiro atoms. The predicted octanol–water partition coefficient (Wildman–Crippen LogP) is 1.29. The third-order valence-electron chi connectivity index (χ3n) is 4.98. The van der Waals surface area contributed by atoms with Crippen molar-refractivity contribution in [2.45, 2.75) is 49.5 Å². The maximum absolute atomic E-state index is 12.5. The van der Waals surface area contributed by atoms with E-state index >= 15 is 0 Å². The van der Waals surface area contributed by atoms with Gasteiger partial charge in [0.05, 0.1) is 10.6 Å². The van der Waals surface area contributed by atoms with Crippen molar-refractivity contribution in [3.63, 3.8) is 0 Å². The third-order valence-corrected chi connectivity index (χ3v) is 6.70. The summed E-state index contributed by atoms with van der Waals surface area (Å²) in [6.45, 7) is 1.14. The molecule has 1 aromatic carbocycles. The Morgan fingerprint density at radius 3 is 2.78 bits per heavy atom. The minimum atomic E-state index is -3.41. The van der Waals surface area contributed by atoms with Crippen molar-refractivity contribution in [3.8, 4) is 0 Å². The summed E-state index contributed by atoms with van der Waals surface area (Å²) >= 11 is 0. The third kappa shape index (κ3) is 3.43. The number of hydrogen-bond acceptors (Lipinski definition) is 4. The molecule has 1 saturated heterocycles. The highest BCUT2D eigenvalue weighted by Crippen LogP contribution is 2.25. The van der Waals surface area contributed by atoms with E-state index in [1.165, 1.54) is 5.56 Å². The lowest BCUT2D eigenvalue weighted by Gasteiger charge is -2.23. The number of nitrogens with zero attached hydrogens (tertiary/aromatic N) is 1. The Kier molecular flexibility index (Phi) is 4.73. The molecule has 1 aliphatic heterocycles. The van der Waals surface area contributed by atoms with Gasteiger partial charge in [-0.1, -0.05) is 6.07 Å². The van der Waals surface area contributed by atoms with E-state index in [0.717, 1.165) is 37.7 Å². The molecule has 1 aliphatic carbocycles. The number of rotatable bonds is 5. The quantitative estimate of drug-likeness (QED) is 0.878. The van der Waals surface area contributed by atoms with Gasteiger partial charge in [-0.2, -0.15) is 0 Å². The molecule has 0 aromatic heterocycles. The van der Waals surface area contributed by atoms with Crippen molar-refractivity contribution < 1.29 is 13.2 Å². The number of fused-ring (bicyclic) bond motifs is 1. The molecule has 1 aromatic rings. The van der Waals surface area contributed by atoms with Gasteiger partial charge in [0.1, 0.15) is 0 Å². The topological polar surface area (TPSA) is 80.5 Å². The molecule has 1 amide bonds. The van der Waals surface area contributed by atoms with E-state index in [9.17, 15) is 13.2 Å². The average molecular weight is 336 g/mol. The second-order valence-electron chi connectivity index (χ2n) is 6.47. The van der Waals surface area contributed by atoms with Gasteiger partial charge in [-0.15, -0.1) is 0 Å². The molecular weight excluding hydrogens is 312 g/mol. The van der Waals surface area contributed by atoms with Gasteiger partial charge >= 0.3 is 0 Å². The van der Waals surface area contributed by atoms with Crippen LogP contribution >= 0.6 is 0 Å². The lowest BCUT2D eigenvalue weighted by atomic mass is 10.1. The monoisotopic (exact) mass is 336 g/mol. The second kappa shape index (κ2) is 6.61. The van der Waals surface area contributed by atoms with Gasteiger partial charge in [-0.05, 0) is 55.4 Å². The second-order valence-corrected chi connectivity index (χ2v) is 8.58. The van der Waals surface area contributed by atoms with Gasteiger partial charge in [0, 0.05) is 25.6 Å². The molecule has 1 heterocycles. The van der Waals surface area contributed by atoms with Gasteiger partial charge in [0.15, 0.2) is 9.84 Å². The molecule has 0 saturated carbocycles. The molecular formula is C17H24N2O3S. The largest absolute Gasteiger partial charge is 0.338 e. The van der Waals surface area contributed by atoms with E-state index in [2.05, 4.69) is 0 Å². The van der Waals surface area contributed by atoms with E-state index in [1.807, 2.05) is 6.07 Å². The van der Waals surface area contributed by atoms with Crippen LogP contribution in [-0.2, 0) is 27.5 Å². The van der Waals surface area contributed by atoms with Crippen LogP contribution in [0.1, 0.15) is 36.8 Å². The first-order chi connectivity index (χ1) is 11.0. The van der Waals surface area contributed by atoms with Crippen LogP contribution in [0.3, 0.4) is 0 Å². The summed E-state index contributed by atoms with van der Waals surface area (Å²) in [6, 6.07) is 5.47. The molecule has 5 nitrogen and oxygen atoms in total. The summed E-state index contributed by atoms with van der Waals surface area (Å²) in [5.74, 6) is -0.221. The van der Waals surface area contributed by atoms with Crippen LogP contribution < -0.4 is 5.73 Å². The Balaban J connectivity index is 1.66. The van der Waals surface area contributed by atoms with E-state index < -0.39 is 9.84 Å². The Bertz CT molecular complexity index is 700. The molecule has 1 fully saturated rings. The van der Waals surface area contributed by atoms with Crippen molar-refractivity contribution in [2.24, 2.45) is 5.73 Å². The predicted molar refractivity (Wildman–Crippen MR) is 88.9 cm³/mol. The molecule has 6 heteroatoms. The van der Waals surface area contributed by atoms with Crippen LogP contribution in [-0.4, -0.2) is 44.1 Å². The van der Waals surface area contributed by atoms with E-state index in [0.29, 0.717) is 18.0 Å². The van der Waals surface area contributed by atoms with Crippen LogP contribution in [0.2, 0.25) is 0 Å². The highest BCUT2D eigenvalue weighted by atomic mass is 32.2. The maximum Gasteiger partial charge on any atom is 0.223 e. The summed E-state index contributed by atoms with van der Waals surface area (Å²) in [5.41, 5.74) is 8.07. The Hall–Kier alpha value is -1.40. The number of carbonyl (C=O) groups excluding carboxylic acids is 1. The first kappa shape index (κ1) is 16.5. The SMILES string of the molecule is NCC1CCCN1C(=O)CCS(=O)(=O)c1ccc2c(c1)CCC2. The summed E-state index contributed by atoms with van der Waals surface area (Å²) < 4.78 is 25.0. The molecule has 1 unspecified atom stereocenters. The maximum atomic E-state index is 12.5. The van der Waals surface area contributed by atoms with E-state index in [1.54, 1.807) is 17.0 Å². The standard InChI is InChI=1S/C17H24N2O3S/c18-12-15-5-2-9-19(15)17(20)8-10-23(21,22)16-7-6-13-3-1-4-14(13)11-16/h6-7,11,15H,1-5,8-10,12,18H2. The zero-order chi connectivity index (χ0) is 16.4. The Labute approximate surface area is 137 Å². The molecule has 2 N–H and O–H groups in total. The zero-order valence-corrected chi connectivity index (χ0v) is 14.1. The molecule has 23 heavy (non-hydrogen) atoms. The van der Waals surface area contributed by atoms with Crippen LogP contribution in [0.4, 0.5) is 0 Å². The molecule has 126 valence electrons. The van der Waals surface area contributed by atoms with E-state index in [-0.39, 0.29) is 24.1 Å². The smallest absolute Gasteiger partial charge is 0.223 e. The number of sulfone groups is 1. The molecule has 0 bridgehead atoms. The summed E-state index contributed by atoms with van der Waals surface area (Å²) in [7, 11) is -3.41. The number of amides is 1. The zero-order valence-electron chi connectivity index (χ0n) is 13.3. The number of carbonyl (C=O) groups is 1. The normalized spacial score (nSPS) is 20.7. The Morgan fingerprint density at radius 1 is 1.22 bits per heavy atom. The number of hydrogen-bond donors (Lipinski definition) is 1. The number of likely N-dealkylation sites (tertiary alicyclic amines) is 1. The first-order valence-electron chi connectivity index (χ1n) is 8.35. The fraction of sp³-hybridized carbons (Fsp3) is 0.588. The highest BCUT2D eigenvalue weighted by Gasteiger charge is 2.28. The fourth-order valence-electron chi connectivity index (χ4n) is 3.63. The van der Waals surface area contributed by atoms with Crippen LogP contribution in [0.15, 0.2) is 23.1 Å². The minimum Gasteiger partial charge on any atom is -0.338 e. The first-order valence-corrected chi connectivity index (χ1v) is 10.0. The van der Waals surface area contributed by atoms with Crippen molar-refractivity contribution >= 4 is 15.7 Å². The molecule has 3 rings (SSSR count). The van der Waals surface area contributed by atoms with Crippen LogP contribution in [0, 0.1) is 0 Å². The Morgan fingerprint density at radius 2 is 2.00 bits per heavy atom. The van der Waals surface area contributed by atoms with Crippen molar-refractivity contribution in [2.75, 3.05) is 18.8 Å². The van der Waals surface area contributed by atoms with E-state index in [4.69, 9.17) is 5.73 Å². The lowest BCUT2D eigenvalue weighted by Crippen LogP contribution is -2.40. The summed E-state index contributed by atoms with van der Waals surface area (Å²) in [5, 5.41) is 0. The van der Waals surface area contributed by atoms with Gasteiger partial charge in [0.25, 0.3) is 0 Å². The molecule has 1 atom stereocenters. The van der Waals surface area contributed by atoms with Crippen LogP contribution in [0.5, 0.6) is 0 Å². The van der Waals surface area contributed by atoms with Gasteiger partial charge in [0.2, 0.25) is 5.91 Å². The molecule has 0 radical (unpaired) electrons. The van der Waals surface area contributed by atoms with Crippen molar-refractivity contribution in [3.05, 3.63) is 29.3 Å². The van der Waals surface area contributed by atoms with Crippen LogP contribution in [0.25, 0.3) is 0 Å². The van der Waals surface area contributed by atoms with Crippen molar-refractivity contribution in [1.29, 1.82) is 0 Å². The molecule has 2 aliphatic rings. The summed E-state index contributed by atoms with van der Waals surface area (Å²) in [6.07, 6.45) is 4.97.